The molecule has 0 saturated carbocycles. The van der Waals surface area contributed by atoms with E-state index in [-0.39, 0.29) is 0 Å². The van der Waals surface area contributed by atoms with Gasteiger partial charge in [0.25, 0.3) is 0 Å². The van der Waals surface area contributed by atoms with Crippen LogP contribution in [-0.4, -0.2) is 19.6 Å². The van der Waals surface area contributed by atoms with Crippen molar-refractivity contribution in [2.24, 2.45) is 0 Å². The largest absolute Gasteiger partial charge is 0.213 e. The molecule has 3 aromatic rings. The van der Waals surface area contributed by atoms with Crippen LogP contribution in [0.1, 0.15) is 12.7 Å². The molecule has 0 N–H and O–H groups in total. The quantitative estimate of drug-likeness (QED) is 0.735. The van der Waals surface area contributed by atoms with Crippen molar-refractivity contribution >= 4 is 45.7 Å². The SMILES string of the molecule is CCc1nsc(Sc2nnc(Cl)c3ccccc23)n1. The van der Waals surface area contributed by atoms with E-state index in [9.17, 15) is 0 Å². The molecule has 19 heavy (non-hydrogen) atoms. The predicted octanol–water partition coefficient (Wildman–Crippen LogP) is 3.85. The maximum atomic E-state index is 6.05. The Morgan fingerprint density at radius 2 is 2.00 bits per heavy atom. The van der Waals surface area contributed by atoms with E-state index in [1.165, 1.54) is 23.3 Å². The molecular weight excluding hydrogens is 300 g/mol. The smallest absolute Gasteiger partial charge is 0.176 e. The van der Waals surface area contributed by atoms with Gasteiger partial charge in [-0.1, -0.05) is 42.8 Å². The van der Waals surface area contributed by atoms with Crippen LogP contribution >= 0.6 is 34.9 Å². The second-order valence-corrected chi connectivity index (χ2v) is 6.12. The first-order valence-corrected chi connectivity index (χ1v) is 7.66. The highest BCUT2D eigenvalue weighted by molar-refractivity contribution is 8.01. The van der Waals surface area contributed by atoms with Gasteiger partial charge in [0, 0.05) is 17.2 Å². The highest BCUT2D eigenvalue weighted by Crippen LogP contribution is 2.34. The average molecular weight is 309 g/mol. The zero-order valence-electron chi connectivity index (χ0n) is 10.00. The molecule has 0 bridgehead atoms. The van der Waals surface area contributed by atoms with Crippen LogP contribution in [0.2, 0.25) is 5.15 Å². The lowest BCUT2D eigenvalue weighted by Crippen LogP contribution is -1.89. The molecule has 2 heterocycles. The van der Waals surface area contributed by atoms with Crippen molar-refractivity contribution in [3.63, 3.8) is 0 Å². The highest BCUT2D eigenvalue weighted by atomic mass is 35.5. The van der Waals surface area contributed by atoms with E-state index in [1.54, 1.807) is 0 Å². The fourth-order valence-electron chi connectivity index (χ4n) is 1.63. The summed E-state index contributed by atoms with van der Waals surface area (Å²) in [6, 6.07) is 7.82. The van der Waals surface area contributed by atoms with Crippen molar-refractivity contribution in [1.29, 1.82) is 0 Å². The summed E-state index contributed by atoms with van der Waals surface area (Å²) in [6.07, 6.45) is 0.837. The zero-order valence-corrected chi connectivity index (χ0v) is 12.4. The predicted molar refractivity (Wildman–Crippen MR) is 78.0 cm³/mol. The maximum Gasteiger partial charge on any atom is 0.176 e. The summed E-state index contributed by atoms with van der Waals surface area (Å²) in [5, 5.41) is 11.3. The summed E-state index contributed by atoms with van der Waals surface area (Å²) >= 11 is 8.91. The van der Waals surface area contributed by atoms with Crippen LogP contribution in [0.4, 0.5) is 0 Å². The Hall–Kier alpha value is -1.24. The first kappa shape index (κ1) is 12.8. The van der Waals surface area contributed by atoms with Gasteiger partial charge in [0.15, 0.2) is 9.49 Å². The summed E-state index contributed by atoms with van der Waals surface area (Å²) in [5.74, 6) is 0.860. The Morgan fingerprint density at radius 1 is 1.21 bits per heavy atom. The van der Waals surface area contributed by atoms with Gasteiger partial charge in [-0.25, -0.2) is 4.98 Å². The Labute approximate surface area is 123 Å². The summed E-state index contributed by atoms with van der Waals surface area (Å²) in [6.45, 7) is 2.04. The number of halogens is 1. The van der Waals surface area contributed by atoms with E-state index in [0.717, 1.165) is 32.4 Å². The molecule has 1 aromatic carbocycles. The van der Waals surface area contributed by atoms with E-state index in [4.69, 9.17) is 11.6 Å². The number of rotatable bonds is 3. The van der Waals surface area contributed by atoms with Gasteiger partial charge in [-0.15, -0.1) is 10.2 Å². The molecule has 0 fully saturated rings. The molecule has 0 spiro atoms. The first-order chi connectivity index (χ1) is 9.28. The normalized spacial score (nSPS) is 11.1. The van der Waals surface area contributed by atoms with Crippen LogP contribution in [0.25, 0.3) is 10.8 Å². The van der Waals surface area contributed by atoms with E-state index in [2.05, 4.69) is 19.6 Å². The van der Waals surface area contributed by atoms with E-state index >= 15 is 0 Å². The molecule has 2 aromatic heterocycles. The van der Waals surface area contributed by atoms with E-state index in [0.29, 0.717) is 5.15 Å². The van der Waals surface area contributed by atoms with Gasteiger partial charge in [-0.3, -0.25) is 0 Å². The maximum absolute atomic E-state index is 6.05. The minimum Gasteiger partial charge on any atom is -0.213 e. The molecular formula is C12H9ClN4S2. The van der Waals surface area contributed by atoms with Gasteiger partial charge in [0.05, 0.1) is 0 Å². The van der Waals surface area contributed by atoms with Gasteiger partial charge in [-0.05, 0) is 23.3 Å². The third kappa shape index (κ3) is 2.56. The lowest BCUT2D eigenvalue weighted by Gasteiger charge is -2.03. The third-order valence-corrected chi connectivity index (χ3v) is 4.62. The molecule has 0 unspecified atom stereocenters. The summed E-state index contributed by atoms with van der Waals surface area (Å²) < 4.78 is 5.14. The van der Waals surface area contributed by atoms with Crippen LogP contribution in [0, 0.1) is 0 Å². The topological polar surface area (TPSA) is 51.6 Å². The highest BCUT2D eigenvalue weighted by Gasteiger charge is 2.11. The molecule has 4 nitrogen and oxygen atoms in total. The van der Waals surface area contributed by atoms with Crippen LogP contribution in [-0.2, 0) is 6.42 Å². The Morgan fingerprint density at radius 3 is 2.74 bits per heavy atom. The first-order valence-electron chi connectivity index (χ1n) is 5.69. The monoisotopic (exact) mass is 308 g/mol. The van der Waals surface area contributed by atoms with Gasteiger partial charge < -0.3 is 0 Å². The molecule has 0 atom stereocenters. The molecule has 0 saturated heterocycles. The van der Waals surface area contributed by atoms with Crippen LogP contribution in [0.5, 0.6) is 0 Å². The molecule has 0 radical (unpaired) electrons. The molecule has 96 valence electrons. The van der Waals surface area contributed by atoms with Crippen molar-refractivity contribution in [3.8, 4) is 0 Å². The van der Waals surface area contributed by atoms with E-state index in [1.807, 2.05) is 31.2 Å². The van der Waals surface area contributed by atoms with E-state index < -0.39 is 0 Å². The van der Waals surface area contributed by atoms with Gasteiger partial charge in [-0.2, -0.15) is 4.37 Å². The number of benzene rings is 1. The molecule has 0 amide bonds. The minimum atomic E-state index is 0.423. The fourth-order valence-corrected chi connectivity index (χ4v) is 3.51. The standard InChI is InChI=1S/C12H9ClN4S2/c1-2-9-14-12(19-17-9)18-11-8-6-4-3-5-7(8)10(13)15-16-11/h3-6H,2H2,1H3. The lowest BCUT2D eigenvalue weighted by molar-refractivity contribution is 0.948. The number of aryl methyl sites for hydroxylation is 1. The van der Waals surface area contributed by atoms with Crippen molar-refractivity contribution < 1.29 is 0 Å². The third-order valence-electron chi connectivity index (χ3n) is 2.56. The molecule has 0 aliphatic carbocycles. The average Bonchev–Trinajstić information content (AvgIpc) is 2.90. The Bertz CT molecular complexity index is 729. The van der Waals surface area contributed by atoms with Crippen LogP contribution in [0.15, 0.2) is 33.6 Å². The number of hydrogen-bond donors (Lipinski definition) is 0. The zero-order chi connectivity index (χ0) is 13.2. The van der Waals surface area contributed by atoms with Gasteiger partial charge >= 0.3 is 0 Å². The molecule has 0 aliphatic heterocycles. The second-order valence-electron chi connectivity index (χ2n) is 3.77. The summed E-state index contributed by atoms with van der Waals surface area (Å²) in [7, 11) is 0. The summed E-state index contributed by atoms with van der Waals surface area (Å²) in [5.41, 5.74) is 0. The Kier molecular flexibility index (Phi) is 3.63. The number of nitrogens with zero attached hydrogens (tertiary/aromatic N) is 4. The number of fused-ring (bicyclic) bond motifs is 1. The molecule has 0 aliphatic rings. The van der Waals surface area contributed by atoms with Crippen molar-refractivity contribution in [1.82, 2.24) is 19.6 Å². The van der Waals surface area contributed by atoms with Gasteiger partial charge in [0.2, 0.25) is 0 Å². The van der Waals surface area contributed by atoms with Crippen molar-refractivity contribution in [2.45, 2.75) is 22.7 Å². The van der Waals surface area contributed by atoms with Gasteiger partial charge in [0.1, 0.15) is 10.9 Å². The Balaban J connectivity index is 2.03. The summed E-state index contributed by atoms with van der Waals surface area (Å²) in [4.78, 5) is 4.42. The second kappa shape index (κ2) is 5.40. The fraction of sp³-hybridized carbons (Fsp3) is 0.167. The molecule has 3 rings (SSSR count). The number of hydrogen-bond acceptors (Lipinski definition) is 6. The van der Waals surface area contributed by atoms with Crippen LogP contribution in [0.3, 0.4) is 0 Å². The van der Waals surface area contributed by atoms with Crippen molar-refractivity contribution in [2.75, 3.05) is 0 Å². The number of aromatic nitrogens is 4. The van der Waals surface area contributed by atoms with Crippen molar-refractivity contribution in [3.05, 3.63) is 35.2 Å². The van der Waals surface area contributed by atoms with Crippen LogP contribution < -0.4 is 0 Å². The molecule has 7 heteroatoms. The lowest BCUT2D eigenvalue weighted by atomic mass is 10.2. The minimum absolute atomic E-state index is 0.423.